The van der Waals surface area contributed by atoms with Gasteiger partial charge in [0.1, 0.15) is 5.82 Å². The number of aromatic nitrogens is 1. The number of nitrogens with zero attached hydrogens (tertiary/aromatic N) is 3. The van der Waals surface area contributed by atoms with Crippen molar-refractivity contribution in [3.63, 3.8) is 0 Å². The van der Waals surface area contributed by atoms with E-state index in [1.165, 1.54) is 38.8 Å². The number of likely N-dealkylation sites (N-methyl/N-ethyl adjacent to an activating group) is 1. The van der Waals surface area contributed by atoms with Gasteiger partial charge in [0, 0.05) is 44.5 Å². The molecule has 3 rings (SSSR count). The highest BCUT2D eigenvalue weighted by Gasteiger charge is 2.27. The van der Waals surface area contributed by atoms with Gasteiger partial charge in [0.05, 0.1) is 0 Å². The standard InChI is InChI=1S/C17H28N4/c1-2-20(16-6-7-16)14-11-18-15-8-12-21(13-9-15)17-5-3-4-10-19-17/h3-5,10,15-16,18H,2,6-9,11-14H2,1H3. The van der Waals surface area contributed by atoms with Crippen LogP contribution in [0, 0.1) is 0 Å². The molecule has 21 heavy (non-hydrogen) atoms. The second-order valence-corrected chi connectivity index (χ2v) is 6.26. The largest absolute Gasteiger partial charge is 0.357 e. The summed E-state index contributed by atoms with van der Waals surface area (Å²) in [6.07, 6.45) is 7.17. The lowest BCUT2D eigenvalue weighted by atomic mass is 10.1. The van der Waals surface area contributed by atoms with Crippen molar-refractivity contribution in [2.24, 2.45) is 0 Å². The highest BCUT2D eigenvalue weighted by atomic mass is 15.2. The second-order valence-electron chi connectivity index (χ2n) is 6.26. The lowest BCUT2D eigenvalue weighted by Crippen LogP contribution is -2.45. The predicted octanol–water partition coefficient (Wildman–Crippen LogP) is 2.12. The van der Waals surface area contributed by atoms with Crippen molar-refractivity contribution in [2.45, 2.75) is 44.7 Å². The molecule has 116 valence electrons. The van der Waals surface area contributed by atoms with Crippen molar-refractivity contribution in [3.05, 3.63) is 24.4 Å². The van der Waals surface area contributed by atoms with Crippen LogP contribution < -0.4 is 10.2 Å². The van der Waals surface area contributed by atoms with Gasteiger partial charge < -0.3 is 10.2 Å². The van der Waals surface area contributed by atoms with Crippen molar-refractivity contribution < 1.29 is 0 Å². The Hall–Kier alpha value is -1.13. The first-order valence-electron chi connectivity index (χ1n) is 8.50. The molecule has 4 heteroatoms. The zero-order chi connectivity index (χ0) is 14.5. The summed E-state index contributed by atoms with van der Waals surface area (Å²) in [5.41, 5.74) is 0. The van der Waals surface area contributed by atoms with Crippen molar-refractivity contribution in [2.75, 3.05) is 37.6 Å². The van der Waals surface area contributed by atoms with E-state index in [-0.39, 0.29) is 0 Å². The fraction of sp³-hybridized carbons (Fsp3) is 0.706. The lowest BCUT2D eigenvalue weighted by Gasteiger charge is -2.33. The van der Waals surface area contributed by atoms with Crippen LogP contribution >= 0.6 is 0 Å². The smallest absolute Gasteiger partial charge is 0.128 e. The molecule has 2 fully saturated rings. The Balaban J connectivity index is 1.36. The van der Waals surface area contributed by atoms with Gasteiger partial charge >= 0.3 is 0 Å². The topological polar surface area (TPSA) is 31.4 Å². The van der Waals surface area contributed by atoms with Gasteiger partial charge in [0.25, 0.3) is 0 Å². The summed E-state index contributed by atoms with van der Waals surface area (Å²) < 4.78 is 0. The number of nitrogens with one attached hydrogen (secondary N) is 1. The third-order valence-electron chi connectivity index (χ3n) is 4.77. The molecule has 0 spiro atoms. The molecular formula is C17H28N4. The van der Waals surface area contributed by atoms with E-state index in [4.69, 9.17) is 0 Å². The summed E-state index contributed by atoms with van der Waals surface area (Å²) >= 11 is 0. The molecule has 0 unspecified atom stereocenters. The molecule has 1 aliphatic heterocycles. The zero-order valence-corrected chi connectivity index (χ0v) is 13.2. The maximum absolute atomic E-state index is 4.45. The summed E-state index contributed by atoms with van der Waals surface area (Å²) in [5.74, 6) is 1.13. The molecule has 0 amide bonds. The highest BCUT2D eigenvalue weighted by molar-refractivity contribution is 5.38. The minimum absolute atomic E-state index is 0.683. The zero-order valence-electron chi connectivity index (χ0n) is 13.2. The molecule has 1 saturated heterocycles. The third-order valence-corrected chi connectivity index (χ3v) is 4.77. The van der Waals surface area contributed by atoms with Gasteiger partial charge in [0.2, 0.25) is 0 Å². The first kappa shape index (κ1) is 14.8. The number of hydrogen-bond donors (Lipinski definition) is 1. The van der Waals surface area contributed by atoms with Gasteiger partial charge in [-0.15, -0.1) is 0 Å². The van der Waals surface area contributed by atoms with E-state index in [2.05, 4.69) is 39.2 Å². The van der Waals surface area contributed by atoms with Crippen LogP contribution in [0.5, 0.6) is 0 Å². The van der Waals surface area contributed by atoms with E-state index in [1.54, 1.807) is 0 Å². The summed E-state index contributed by atoms with van der Waals surface area (Å²) in [5, 5.41) is 3.75. The number of anilines is 1. The number of pyridine rings is 1. The van der Waals surface area contributed by atoms with Crippen molar-refractivity contribution in [1.82, 2.24) is 15.2 Å². The minimum atomic E-state index is 0.683. The minimum Gasteiger partial charge on any atom is -0.357 e. The van der Waals surface area contributed by atoms with Gasteiger partial charge in [-0.25, -0.2) is 4.98 Å². The lowest BCUT2D eigenvalue weighted by molar-refractivity contribution is 0.267. The molecule has 2 aliphatic rings. The fourth-order valence-electron chi connectivity index (χ4n) is 3.30. The van der Waals surface area contributed by atoms with E-state index >= 15 is 0 Å². The van der Waals surface area contributed by atoms with Gasteiger partial charge in [0.15, 0.2) is 0 Å². The van der Waals surface area contributed by atoms with E-state index < -0.39 is 0 Å². The monoisotopic (exact) mass is 288 g/mol. The van der Waals surface area contributed by atoms with Crippen LogP contribution in [0.25, 0.3) is 0 Å². The maximum Gasteiger partial charge on any atom is 0.128 e. The van der Waals surface area contributed by atoms with Crippen LogP contribution in [0.1, 0.15) is 32.6 Å². The van der Waals surface area contributed by atoms with Crippen LogP contribution in [-0.2, 0) is 0 Å². The van der Waals surface area contributed by atoms with Gasteiger partial charge in [-0.05, 0) is 44.4 Å². The summed E-state index contributed by atoms with van der Waals surface area (Å²) in [6, 6.07) is 7.74. The van der Waals surface area contributed by atoms with E-state index in [1.807, 2.05) is 12.3 Å². The Morgan fingerprint density at radius 1 is 1.24 bits per heavy atom. The summed E-state index contributed by atoms with van der Waals surface area (Å²) in [6.45, 7) is 8.07. The second kappa shape index (κ2) is 7.23. The molecule has 4 nitrogen and oxygen atoms in total. The van der Waals surface area contributed by atoms with Crippen LogP contribution in [0.15, 0.2) is 24.4 Å². The Bertz CT molecular complexity index is 410. The molecule has 0 aromatic carbocycles. The van der Waals surface area contributed by atoms with Crippen LogP contribution in [0.3, 0.4) is 0 Å². The molecule has 0 radical (unpaired) electrons. The van der Waals surface area contributed by atoms with E-state index in [0.29, 0.717) is 6.04 Å². The molecule has 1 aromatic rings. The van der Waals surface area contributed by atoms with Crippen LogP contribution in [-0.4, -0.2) is 54.7 Å². The molecule has 1 aliphatic carbocycles. The predicted molar refractivity (Wildman–Crippen MR) is 87.7 cm³/mol. The van der Waals surface area contributed by atoms with Gasteiger partial charge in [-0.3, -0.25) is 4.90 Å². The molecule has 1 saturated carbocycles. The normalized spacial score (nSPS) is 20.2. The molecular weight excluding hydrogens is 260 g/mol. The van der Waals surface area contributed by atoms with Crippen molar-refractivity contribution in [3.8, 4) is 0 Å². The first-order chi connectivity index (χ1) is 10.4. The average molecular weight is 288 g/mol. The third kappa shape index (κ3) is 4.17. The Morgan fingerprint density at radius 3 is 2.67 bits per heavy atom. The Morgan fingerprint density at radius 2 is 2.05 bits per heavy atom. The van der Waals surface area contributed by atoms with E-state index in [9.17, 15) is 0 Å². The van der Waals surface area contributed by atoms with Crippen molar-refractivity contribution in [1.29, 1.82) is 0 Å². The Kier molecular flexibility index (Phi) is 5.09. The quantitative estimate of drug-likeness (QED) is 0.833. The Labute approximate surface area is 128 Å². The maximum atomic E-state index is 4.45. The first-order valence-corrected chi connectivity index (χ1v) is 8.50. The van der Waals surface area contributed by atoms with Gasteiger partial charge in [-0.2, -0.15) is 0 Å². The highest BCUT2D eigenvalue weighted by Crippen LogP contribution is 2.26. The molecule has 0 bridgehead atoms. The molecule has 2 heterocycles. The van der Waals surface area contributed by atoms with Crippen molar-refractivity contribution >= 4 is 5.82 Å². The number of rotatable bonds is 7. The molecule has 1 aromatic heterocycles. The summed E-state index contributed by atoms with van der Waals surface area (Å²) in [4.78, 5) is 9.47. The fourth-order valence-corrected chi connectivity index (χ4v) is 3.30. The van der Waals surface area contributed by atoms with Gasteiger partial charge in [-0.1, -0.05) is 13.0 Å². The molecule has 1 N–H and O–H groups in total. The number of piperidine rings is 1. The number of hydrogen-bond acceptors (Lipinski definition) is 4. The molecule has 0 atom stereocenters. The SMILES string of the molecule is CCN(CCNC1CCN(c2ccccn2)CC1)C1CC1. The van der Waals surface area contributed by atoms with Crippen LogP contribution in [0.2, 0.25) is 0 Å². The summed E-state index contributed by atoms with van der Waals surface area (Å²) in [7, 11) is 0. The average Bonchev–Trinajstić information content (AvgIpc) is 3.38. The van der Waals surface area contributed by atoms with E-state index in [0.717, 1.165) is 31.5 Å². The van der Waals surface area contributed by atoms with Crippen LogP contribution in [0.4, 0.5) is 5.82 Å².